The average Bonchev–Trinajstić information content (AvgIpc) is 3.13. The molecule has 156 valence electrons. The Morgan fingerprint density at radius 2 is 1.86 bits per heavy atom. The second kappa shape index (κ2) is 9.56. The van der Waals surface area contributed by atoms with Crippen molar-refractivity contribution in [2.24, 2.45) is 0 Å². The number of aromatic nitrogens is 1. The zero-order valence-electron chi connectivity index (χ0n) is 17.2. The summed E-state index contributed by atoms with van der Waals surface area (Å²) in [6, 6.07) is 7.72. The fraction of sp³-hybridized carbons (Fsp3) is 0.476. The predicted molar refractivity (Wildman–Crippen MR) is 110 cm³/mol. The number of hydrogen-bond donors (Lipinski definition) is 1. The van der Waals surface area contributed by atoms with Gasteiger partial charge in [-0.2, -0.15) is 0 Å². The van der Waals surface area contributed by atoms with E-state index in [-0.39, 0.29) is 18.4 Å². The van der Waals surface area contributed by atoms with Crippen LogP contribution in [0.1, 0.15) is 35.7 Å². The molecule has 0 unspecified atom stereocenters. The monoisotopic (exact) mass is 400 g/mol. The smallest absolute Gasteiger partial charge is 0.259 e. The van der Waals surface area contributed by atoms with Crippen LogP contribution in [-0.2, 0) is 16.0 Å². The second-order valence-electron chi connectivity index (χ2n) is 6.93. The third kappa shape index (κ3) is 4.95. The Hall–Kier alpha value is -2.87. The van der Waals surface area contributed by atoms with Crippen LogP contribution < -0.4 is 10.2 Å². The molecule has 1 aromatic heterocycles. The van der Waals surface area contributed by atoms with Crippen LogP contribution in [0.25, 0.3) is 0 Å². The first-order valence-corrected chi connectivity index (χ1v) is 10.0. The predicted octanol–water partition coefficient (Wildman–Crippen LogP) is 2.48. The molecule has 1 aromatic carbocycles. The van der Waals surface area contributed by atoms with Gasteiger partial charge < -0.3 is 24.4 Å². The van der Waals surface area contributed by atoms with Crippen LogP contribution in [0.3, 0.4) is 0 Å². The van der Waals surface area contributed by atoms with Crippen molar-refractivity contribution >= 4 is 23.2 Å². The summed E-state index contributed by atoms with van der Waals surface area (Å²) in [5.41, 5.74) is 2.87. The van der Waals surface area contributed by atoms with E-state index < -0.39 is 0 Å². The van der Waals surface area contributed by atoms with E-state index in [9.17, 15) is 9.59 Å². The molecule has 0 bridgehead atoms. The number of anilines is 2. The van der Waals surface area contributed by atoms with E-state index in [2.05, 4.69) is 15.4 Å². The van der Waals surface area contributed by atoms with E-state index in [1.54, 1.807) is 6.92 Å². The lowest BCUT2D eigenvalue weighted by atomic mass is 10.1. The Morgan fingerprint density at radius 1 is 1.17 bits per heavy atom. The third-order valence-electron chi connectivity index (χ3n) is 5.01. The summed E-state index contributed by atoms with van der Waals surface area (Å²) in [5.74, 6) is -0.00296. The van der Waals surface area contributed by atoms with Gasteiger partial charge in [-0.3, -0.25) is 9.59 Å². The lowest BCUT2D eigenvalue weighted by Crippen LogP contribution is -2.38. The molecule has 8 heteroatoms. The van der Waals surface area contributed by atoms with Crippen molar-refractivity contribution in [3.05, 3.63) is 41.3 Å². The van der Waals surface area contributed by atoms with E-state index in [0.29, 0.717) is 35.7 Å². The molecule has 0 atom stereocenters. The molecule has 1 aliphatic heterocycles. The van der Waals surface area contributed by atoms with Crippen LogP contribution >= 0.6 is 0 Å². The average molecular weight is 400 g/mol. The molecule has 1 saturated heterocycles. The molecular weight excluding hydrogens is 372 g/mol. The quantitative estimate of drug-likeness (QED) is 0.768. The highest BCUT2D eigenvalue weighted by Gasteiger charge is 2.25. The summed E-state index contributed by atoms with van der Waals surface area (Å²) in [6.45, 7) is 9.03. The largest absolute Gasteiger partial charge is 0.378 e. The maximum absolute atomic E-state index is 12.9. The number of benzene rings is 1. The summed E-state index contributed by atoms with van der Waals surface area (Å²) in [5, 5.41) is 6.80. The Balaban J connectivity index is 1.61. The minimum atomic E-state index is -0.244. The molecule has 1 aliphatic rings. The van der Waals surface area contributed by atoms with Gasteiger partial charge in [0.05, 0.1) is 18.9 Å². The van der Waals surface area contributed by atoms with Gasteiger partial charge in [0.2, 0.25) is 5.91 Å². The molecule has 8 nitrogen and oxygen atoms in total. The number of morpholine rings is 1. The van der Waals surface area contributed by atoms with Gasteiger partial charge in [0.25, 0.3) is 5.91 Å². The van der Waals surface area contributed by atoms with Gasteiger partial charge in [0.1, 0.15) is 17.9 Å². The van der Waals surface area contributed by atoms with Gasteiger partial charge in [-0.15, -0.1) is 0 Å². The Kier molecular flexibility index (Phi) is 6.87. The van der Waals surface area contributed by atoms with Gasteiger partial charge in [-0.05, 0) is 44.5 Å². The standard InChI is InChI=1S/C21H28N4O4/c1-4-18-20(15(3)29-23-18)21(27)24(5-2)14-19(26)22-16-6-8-17(9-7-16)25-10-12-28-13-11-25/h6-9H,4-5,10-14H2,1-3H3,(H,22,26). The van der Waals surface area contributed by atoms with E-state index in [0.717, 1.165) is 32.0 Å². The van der Waals surface area contributed by atoms with Gasteiger partial charge >= 0.3 is 0 Å². The molecule has 1 fully saturated rings. The number of hydrogen-bond acceptors (Lipinski definition) is 6. The number of carbonyl (C=O) groups excluding carboxylic acids is 2. The summed E-state index contributed by atoms with van der Waals surface area (Å²) < 4.78 is 10.5. The molecule has 0 aliphatic carbocycles. The zero-order chi connectivity index (χ0) is 20.8. The minimum absolute atomic E-state index is 0.0334. The molecule has 0 radical (unpaired) electrons. The number of nitrogens with zero attached hydrogens (tertiary/aromatic N) is 3. The molecular formula is C21H28N4O4. The van der Waals surface area contributed by atoms with Gasteiger partial charge in [0.15, 0.2) is 0 Å². The number of aryl methyl sites for hydroxylation is 2. The second-order valence-corrected chi connectivity index (χ2v) is 6.93. The number of likely N-dealkylation sites (N-methyl/N-ethyl adjacent to an activating group) is 1. The molecule has 1 N–H and O–H groups in total. The van der Waals surface area contributed by atoms with E-state index in [4.69, 9.17) is 9.26 Å². The van der Waals surface area contributed by atoms with Crippen LogP contribution in [-0.4, -0.2) is 61.3 Å². The first-order valence-electron chi connectivity index (χ1n) is 10.0. The van der Waals surface area contributed by atoms with E-state index >= 15 is 0 Å². The van der Waals surface area contributed by atoms with Crippen molar-refractivity contribution < 1.29 is 18.8 Å². The van der Waals surface area contributed by atoms with Crippen molar-refractivity contribution in [3.8, 4) is 0 Å². The molecule has 2 aromatic rings. The fourth-order valence-electron chi connectivity index (χ4n) is 3.37. The van der Waals surface area contributed by atoms with Gasteiger partial charge in [-0.1, -0.05) is 12.1 Å². The third-order valence-corrected chi connectivity index (χ3v) is 5.01. The Morgan fingerprint density at radius 3 is 2.48 bits per heavy atom. The summed E-state index contributed by atoms with van der Waals surface area (Å²) in [7, 11) is 0. The fourth-order valence-corrected chi connectivity index (χ4v) is 3.37. The van der Waals surface area contributed by atoms with Crippen LogP contribution in [0.4, 0.5) is 11.4 Å². The van der Waals surface area contributed by atoms with Crippen molar-refractivity contribution in [2.45, 2.75) is 27.2 Å². The number of rotatable bonds is 7. The summed E-state index contributed by atoms with van der Waals surface area (Å²) in [6.07, 6.45) is 0.595. The zero-order valence-corrected chi connectivity index (χ0v) is 17.2. The summed E-state index contributed by atoms with van der Waals surface area (Å²) in [4.78, 5) is 29.1. The van der Waals surface area contributed by atoms with E-state index in [1.165, 1.54) is 4.90 Å². The number of ether oxygens (including phenoxy) is 1. The highest BCUT2D eigenvalue weighted by Crippen LogP contribution is 2.20. The lowest BCUT2D eigenvalue weighted by molar-refractivity contribution is -0.116. The maximum atomic E-state index is 12.9. The van der Waals surface area contributed by atoms with Crippen LogP contribution in [0.15, 0.2) is 28.8 Å². The number of nitrogens with one attached hydrogen (secondary N) is 1. The normalized spacial score (nSPS) is 14.0. The van der Waals surface area contributed by atoms with Crippen molar-refractivity contribution in [2.75, 3.05) is 49.6 Å². The van der Waals surface area contributed by atoms with E-state index in [1.807, 2.05) is 38.1 Å². The number of carbonyl (C=O) groups is 2. The van der Waals surface area contributed by atoms with Crippen molar-refractivity contribution in [3.63, 3.8) is 0 Å². The first kappa shape index (κ1) is 20.9. The van der Waals surface area contributed by atoms with Crippen LogP contribution in [0.5, 0.6) is 0 Å². The molecule has 3 rings (SSSR count). The molecule has 2 amide bonds. The summed E-state index contributed by atoms with van der Waals surface area (Å²) >= 11 is 0. The topological polar surface area (TPSA) is 87.9 Å². The van der Waals surface area contributed by atoms with Gasteiger partial charge in [0, 0.05) is 31.0 Å². The maximum Gasteiger partial charge on any atom is 0.259 e. The Bertz CT molecular complexity index is 841. The van der Waals surface area contributed by atoms with Crippen LogP contribution in [0.2, 0.25) is 0 Å². The minimum Gasteiger partial charge on any atom is -0.378 e. The molecule has 0 saturated carbocycles. The molecule has 0 spiro atoms. The van der Waals surface area contributed by atoms with Crippen molar-refractivity contribution in [1.29, 1.82) is 0 Å². The Labute approximate surface area is 170 Å². The highest BCUT2D eigenvalue weighted by atomic mass is 16.5. The molecule has 2 heterocycles. The van der Waals surface area contributed by atoms with Crippen molar-refractivity contribution in [1.82, 2.24) is 10.1 Å². The number of amides is 2. The van der Waals surface area contributed by atoms with Gasteiger partial charge in [-0.25, -0.2) is 0 Å². The first-order chi connectivity index (χ1) is 14.0. The highest BCUT2D eigenvalue weighted by molar-refractivity contribution is 6.00. The lowest BCUT2D eigenvalue weighted by Gasteiger charge is -2.29. The molecule has 29 heavy (non-hydrogen) atoms. The van der Waals surface area contributed by atoms with Crippen LogP contribution in [0, 0.1) is 6.92 Å². The SMILES string of the molecule is CCc1noc(C)c1C(=O)N(CC)CC(=O)Nc1ccc(N2CCOCC2)cc1.